The smallest absolute Gasteiger partial charge is 0.251 e. The summed E-state index contributed by atoms with van der Waals surface area (Å²) in [6.07, 6.45) is 7.15. The second-order valence-corrected chi connectivity index (χ2v) is 9.75. The predicted molar refractivity (Wildman–Crippen MR) is 163 cm³/mol. The van der Waals surface area contributed by atoms with E-state index in [2.05, 4.69) is 39.7 Å². The van der Waals surface area contributed by atoms with Gasteiger partial charge in [-0.1, -0.05) is 24.8 Å². The molecule has 41 heavy (non-hydrogen) atoms. The molecule has 11 nitrogen and oxygen atoms in total. The van der Waals surface area contributed by atoms with Crippen molar-refractivity contribution >= 4 is 35.2 Å². The molecule has 11 heteroatoms. The van der Waals surface area contributed by atoms with Gasteiger partial charge in [-0.15, -0.1) is 0 Å². The Bertz CT molecular complexity index is 1250. The first-order valence-corrected chi connectivity index (χ1v) is 13.6. The third kappa shape index (κ3) is 11.7. The molecule has 220 valence electrons. The van der Waals surface area contributed by atoms with Crippen LogP contribution in [0.25, 0.3) is 0 Å². The van der Waals surface area contributed by atoms with Gasteiger partial charge in [0.2, 0.25) is 17.8 Å². The number of hydrogen-bond donors (Lipinski definition) is 3. The minimum Gasteiger partial charge on any atom is -0.358 e. The number of hydrogen-bond acceptors (Lipinski definition) is 8. The Morgan fingerprint density at radius 2 is 1.80 bits per heavy atom. The molecule has 0 radical (unpaired) electrons. The van der Waals surface area contributed by atoms with E-state index in [1.54, 1.807) is 50.6 Å². The van der Waals surface area contributed by atoms with Crippen LogP contribution in [0.4, 0.5) is 17.5 Å². The summed E-state index contributed by atoms with van der Waals surface area (Å²) in [5.41, 5.74) is 2.05. The standard InChI is InChI=1S/C30H42N8O3/c1-7-19-37(5)28-24(21-33-30(35-28)34-25-16-14-23(15-17-25)29(41)31-2)12-9-8-10-18-32-26(39)22-38(6)27(40)13-11-20-36(3)4/h11,13-17,21H,7-8,10,18-20,22H2,1-6H3,(H,31,41)(H,32,39)(H,33,34,35)/b13-11+. The molecule has 1 aromatic heterocycles. The molecular weight excluding hydrogens is 520 g/mol. The Morgan fingerprint density at radius 1 is 1.07 bits per heavy atom. The molecule has 0 aliphatic rings. The monoisotopic (exact) mass is 562 g/mol. The van der Waals surface area contributed by atoms with Crippen LogP contribution in [0.5, 0.6) is 0 Å². The van der Waals surface area contributed by atoms with Gasteiger partial charge >= 0.3 is 0 Å². The van der Waals surface area contributed by atoms with Gasteiger partial charge in [0.15, 0.2) is 0 Å². The summed E-state index contributed by atoms with van der Waals surface area (Å²) in [5, 5.41) is 8.62. The van der Waals surface area contributed by atoms with Crippen molar-refractivity contribution in [2.75, 3.05) is 71.6 Å². The number of likely N-dealkylation sites (N-methyl/N-ethyl adjacent to an activating group) is 2. The fourth-order valence-electron chi connectivity index (χ4n) is 3.64. The van der Waals surface area contributed by atoms with Gasteiger partial charge in [0.05, 0.1) is 18.3 Å². The molecule has 0 spiro atoms. The van der Waals surface area contributed by atoms with Gasteiger partial charge in [-0.05, 0) is 51.2 Å². The Hall–Kier alpha value is -4.43. The van der Waals surface area contributed by atoms with Crippen molar-refractivity contribution in [3.8, 4) is 11.8 Å². The summed E-state index contributed by atoms with van der Waals surface area (Å²) >= 11 is 0. The molecule has 2 aromatic rings. The molecule has 2 rings (SSSR count). The Morgan fingerprint density at radius 3 is 2.46 bits per heavy atom. The molecule has 0 unspecified atom stereocenters. The highest BCUT2D eigenvalue weighted by Crippen LogP contribution is 2.20. The van der Waals surface area contributed by atoms with Crippen molar-refractivity contribution in [1.29, 1.82) is 0 Å². The van der Waals surface area contributed by atoms with E-state index in [0.29, 0.717) is 43.0 Å². The van der Waals surface area contributed by atoms with Crippen molar-refractivity contribution < 1.29 is 14.4 Å². The quantitative estimate of drug-likeness (QED) is 0.182. The lowest BCUT2D eigenvalue weighted by Crippen LogP contribution is -2.38. The highest BCUT2D eigenvalue weighted by Gasteiger charge is 2.12. The summed E-state index contributed by atoms with van der Waals surface area (Å²) < 4.78 is 0. The predicted octanol–water partition coefficient (Wildman–Crippen LogP) is 2.25. The number of anilines is 3. The van der Waals surface area contributed by atoms with Crippen LogP contribution in [-0.2, 0) is 9.59 Å². The van der Waals surface area contributed by atoms with E-state index >= 15 is 0 Å². The lowest BCUT2D eigenvalue weighted by atomic mass is 10.2. The summed E-state index contributed by atoms with van der Waals surface area (Å²) in [7, 11) is 9.00. The van der Waals surface area contributed by atoms with Crippen LogP contribution in [-0.4, -0.2) is 98.9 Å². The molecule has 1 aromatic carbocycles. The minimum atomic E-state index is -0.210. The number of unbranched alkanes of at least 4 members (excludes halogenated alkanes) is 1. The summed E-state index contributed by atoms with van der Waals surface area (Å²) in [5.74, 6) is 6.90. The van der Waals surface area contributed by atoms with Gasteiger partial charge < -0.3 is 30.7 Å². The molecule has 0 aliphatic carbocycles. The van der Waals surface area contributed by atoms with Crippen molar-refractivity contribution in [3.05, 3.63) is 53.7 Å². The molecule has 0 bridgehead atoms. The Balaban J connectivity index is 1.92. The lowest BCUT2D eigenvalue weighted by molar-refractivity contribution is -0.131. The van der Waals surface area contributed by atoms with Crippen LogP contribution in [0.3, 0.4) is 0 Å². The van der Waals surface area contributed by atoms with Gasteiger partial charge in [-0.25, -0.2) is 4.98 Å². The number of aromatic nitrogens is 2. The first-order chi connectivity index (χ1) is 19.6. The van der Waals surface area contributed by atoms with E-state index in [-0.39, 0.29) is 24.3 Å². The Labute approximate surface area is 243 Å². The van der Waals surface area contributed by atoms with E-state index < -0.39 is 0 Å². The molecule has 0 saturated carbocycles. The van der Waals surface area contributed by atoms with Crippen LogP contribution >= 0.6 is 0 Å². The first kappa shape index (κ1) is 32.8. The highest BCUT2D eigenvalue weighted by molar-refractivity contribution is 5.94. The lowest BCUT2D eigenvalue weighted by Gasteiger charge is -2.19. The van der Waals surface area contributed by atoms with E-state index in [9.17, 15) is 14.4 Å². The second kappa shape index (κ2) is 17.3. The SMILES string of the molecule is CCCN(C)c1nc(Nc2ccc(C(=O)NC)cc2)ncc1C#CCCCNC(=O)CN(C)C(=O)/C=C/CN(C)C. The van der Waals surface area contributed by atoms with Crippen molar-refractivity contribution in [3.63, 3.8) is 0 Å². The fourth-order valence-corrected chi connectivity index (χ4v) is 3.64. The maximum Gasteiger partial charge on any atom is 0.251 e. The van der Waals surface area contributed by atoms with Gasteiger partial charge in [0, 0.05) is 64.5 Å². The van der Waals surface area contributed by atoms with Gasteiger partial charge in [-0.2, -0.15) is 4.98 Å². The third-order valence-electron chi connectivity index (χ3n) is 5.83. The number of benzene rings is 1. The zero-order valence-corrected chi connectivity index (χ0v) is 25.0. The summed E-state index contributed by atoms with van der Waals surface area (Å²) in [4.78, 5) is 50.5. The van der Waals surface area contributed by atoms with Crippen molar-refractivity contribution in [2.45, 2.75) is 26.2 Å². The van der Waals surface area contributed by atoms with E-state index in [1.165, 1.54) is 11.0 Å². The summed E-state index contributed by atoms with van der Waals surface area (Å²) in [6, 6.07) is 7.07. The fraction of sp³-hybridized carbons (Fsp3) is 0.433. The number of nitrogens with one attached hydrogen (secondary N) is 3. The maximum absolute atomic E-state index is 12.2. The third-order valence-corrected chi connectivity index (χ3v) is 5.83. The molecule has 3 N–H and O–H groups in total. The highest BCUT2D eigenvalue weighted by atomic mass is 16.2. The van der Waals surface area contributed by atoms with Crippen LogP contribution in [0.15, 0.2) is 42.6 Å². The zero-order valence-electron chi connectivity index (χ0n) is 25.0. The average Bonchev–Trinajstić information content (AvgIpc) is 2.95. The molecule has 0 fully saturated rings. The van der Waals surface area contributed by atoms with Gasteiger partial charge in [-0.3, -0.25) is 14.4 Å². The number of nitrogens with zero attached hydrogens (tertiary/aromatic N) is 5. The van der Waals surface area contributed by atoms with Crippen LogP contribution in [0.2, 0.25) is 0 Å². The molecule has 0 atom stereocenters. The first-order valence-electron chi connectivity index (χ1n) is 13.6. The van der Waals surface area contributed by atoms with Gasteiger partial charge in [0.25, 0.3) is 5.91 Å². The normalized spacial score (nSPS) is 10.6. The largest absolute Gasteiger partial charge is 0.358 e. The number of carbonyl (C=O) groups excluding carboxylic acids is 3. The number of amides is 3. The molecular formula is C30H42N8O3. The van der Waals surface area contributed by atoms with E-state index in [1.807, 2.05) is 30.9 Å². The van der Waals surface area contributed by atoms with Crippen molar-refractivity contribution in [1.82, 2.24) is 30.4 Å². The maximum atomic E-state index is 12.2. The molecule has 0 aliphatic heterocycles. The average molecular weight is 563 g/mol. The number of rotatable bonds is 14. The van der Waals surface area contributed by atoms with Crippen LogP contribution in [0, 0.1) is 11.8 Å². The molecule has 0 saturated heterocycles. The Kier molecular flexibility index (Phi) is 13.8. The van der Waals surface area contributed by atoms with E-state index in [4.69, 9.17) is 4.98 Å². The topological polar surface area (TPSA) is 123 Å². The van der Waals surface area contributed by atoms with Crippen LogP contribution < -0.4 is 20.9 Å². The van der Waals surface area contributed by atoms with Crippen LogP contribution in [0.1, 0.15) is 42.1 Å². The summed E-state index contributed by atoms with van der Waals surface area (Å²) in [6.45, 7) is 4.03. The zero-order chi connectivity index (χ0) is 30.2. The minimum absolute atomic E-state index is 0.000121. The second-order valence-electron chi connectivity index (χ2n) is 9.75. The molecule has 3 amide bonds. The van der Waals surface area contributed by atoms with E-state index in [0.717, 1.165) is 24.5 Å². The van der Waals surface area contributed by atoms with Crippen molar-refractivity contribution in [2.24, 2.45) is 0 Å². The molecule has 1 heterocycles. The van der Waals surface area contributed by atoms with Gasteiger partial charge in [0.1, 0.15) is 5.82 Å². The number of carbonyl (C=O) groups is 3.